The molecule has 0 bridgehead atoms. The molecule has 5 heterocycles. The minimum absolute atomic E-state index is 0.0365. The topological polar surface area (TPSA) is 77.8 Å². The Hall–Kier alpha value is -3.13. The molecule has 2 aromatic heterocycles. The Labute approximate surface area is 168 Å². The van der Waals surface area contributed by atoms with E-state index in [1.807, 2.05) is 31.5 Å². The van der Waals surface area contributed by atoms with E-state index in [0.717, 1.165) is 48.1 Å². The van der Waals surface area contributed by atoms with Gasteiger partial charge >= 0.3 is 0 Å². The molecule has 148 valence electrons. The molecule has 1 unspecified atom stereocenters. The summed E-state index contributed by atoms with van der Waals surface area (Å²) in [6, 6.07) is 3.81. The van der Waals surface area contributed by atoms with E-state index >= 15 is 0 Å². The van der Waals surface area contributed by atoms with Gasteiger partial charge in [-0.2, -0.15) is 5.10 Å². The van der Waals surface area contributed by atoms with Crippen LogP contribution < -0.4 is 10.6 Å². The number of rotatable bonds is 2. The van der Waals surface area contributed by atoms with E-state index in [-0.39, 0.29) is 12.1 Å². The third kappa shape index (κ3) is 2.82. The summed E-state index contributed by atoms with van der Waals surface area (Å²) in [6.07, 6.45) is 12.0. The zero-order valence-corrected chi connectivity index (χ0v) is 16.3. The Kier molecular flexibility index (Phi) is 3.44. The van der Waals surface area contributed by atoms with E-state index in [0.29, 0.717) is 5.54 Å². The molecule has 1 amide bonds. The summed E-state index contributed by atoms with van der Waals surface area (Å²) < 4.78 is 1.75. The Balaban J connectivity index is 1.27. The van der Waals surface area contributed by atoms with Crippen LogP contribution in [0.3, 0.4) is 0 Å². The van der Waals surface area contributed by atoms with Gasteiger partial charge in [0.05, 0.1) is 23.3 Å². The molecule has 2 fully saturated rings. The third-order valence-corrected chi connectivity index (χ3v) is 6.16. The van der Waals surface area contributed by atoms with Crippen LogP contribution in [-0.4, -0.2) is 61.6 Å². The van der Waals surface area contributed by atoms with Crippen LogP contribution in [-0.2, 0) is 4.79 Å². The number of aryl methyl sites for hydroxylation is 1. The fraction of sp³-hybridized carbons (Fsp3) is 0.381. The molecule has 29 heavy (non-hydrogen) atoms. The molecule has 1 spiro atoms. The van der Waals surface area contributed by atoms with Gasteiger partial charge in [-0.3, -0.25) is 9.69 Å². The summed E-state index contributed by atoms with van der Waals surface area (Å²) in [7, 11) is 0. The van der Waals surface area contributed by atoms with Gasteiger partial charge in [-0.25, -0.2) is 9.50 Å². The number of hydrogen-bond donors (Lipinski definition) is 2. The quantitative estimate of drug-likeness (QED) is 0.798. The monoisotopic (exact) mass is 389 g/mol. The van der Waals surface area contributed by atoms with Gasteiger partial charge in [0, 0.05) is 37.4 Å². The van der Waals surface area contributed by atoms with Crippen LogP contribution in [0.15, 0.2) is 48.5 Å². The average molecular weight is 389 g/mol. The zero-order chi connectivity index (χ0) is 19.6. The number of imidazole rings is 1. The lowest BCUT2D eigenvalue weighted by Crippen LogP contribution is -2.53. The average Bonchev–Trinajstić information content (AvgIpc) is 3.35. The van der Waals surface area contributed by atoms with Gasteiger partial charge in [0.25, 0.3) is 5.91 Å². The summed E-state index contributed by atoms with van der Waals surface area (Å²) in [4.78, 5) is 21.5. The van der Waals surface area contributed by atoms with Crippen molar-refractivity contribution in [3.05, 3.63) is 59.8 Å². The zero-order valence-electron chi connectivity index (χ0n) is 16.3. The van der Waals surface area contributed by atoms with Crippen molar-refractivity contribution in [2.75, 3.05) is 19.6 Å². The second-order valence-electron chi connectivity index (χ2n) is 8.34. The minimum Gasteiger partial charge on any atom is -0.367 e. The number of aromatic nitrogens is 3. The standard InChI is InChI=1S/C21H23N7O/c1-14-11-28-19(23-14)5-3-16(25-28)17-10-20(29)27-12-15(2-4-18(27)24-17)26-9-8-22-21(13-26)6-7-21/h2-5,10-12,18,22,24H,6-9,13H2,1H3. The van der Waals surface area contributed by atoms with Crippen molar-refractivity contribution in [2.24, 2.45) is 0 Å². The van der Waals surface area contributed by atoms with Crippen LogP contribution in [0.5, 0.6) is 0 Å². The molecular weight excluding hydrogens is 366 g/mol. The van der Waals surface area contributed by atoms with Gasteiger partial charge in [-0.15, -0.1) is 0 Å². The molecule has 2 aromatic rings. The summed E-state index contributed by atoms with van der Waals surface area (Å²) in [6.45, 7) is 4.91. The van der Waals surface area contributed by atoms with Crippen molar-refractivity contribution in [2.45, 2.75) is 31.5 Å². The first-order valence-corrected chi connectivity index (χ1v) is 10.1. The van der Waals surface area contributed by atoms with Gasteiger partial charge in [0.15, 0.2) is 5.65 Å². The molecule has 8 nitrogen and oxygen atoms in total. The second kappa shape index (κ2) is 5.93. The Morgan fingerprint density at radius 2 is 2.17 bits per heavy atom. The number of allylic oxidation sites excluding steroid dienone is 1. The number of nitrogens with one attached hydrogen (secondary N) is 2. The molecule has 3 aliphatic heterocycles. The first kappa shape index (κ1) is 16.8. The normalized spacial score (nSPS) is 25.0. The molecule has 1 saturated carbocycles. The number of fused-ring (bicyclic) bond motifs is 2. The van der Waals surface area contributed by atoms with Crippen molar-refractivity contribution in [1.82, 2.24) is 35.0 Å². The Morgan fingerprint density at radius 1 is 1.28 bits per heavy atom. The molecule has 0 radical (unpaired) electrons. The Morgan fingerprint density at radius 3 is 3.03 bits per heavy atom. The summed E-state index contributed by atoms with van der Waals surface area (Å²) >= 11 is 0. The SMILES string of the molecule is Cc1cn2nc(C3=CC(=O)N4C=C(N5CCNC6(CC6)C5)C=CC4N3)ccc2n1. The maximum Gasteiger partial charge on any atom is 0.254 e. The molecule has 1 aliphatic carbocycles. The number of carbonyl (C=O) groups is 1. The van der Waals surface area contributed by atoms with E-state index in [1.54, 1.807) is 15.5 Å². The number of nitrogens with zero attached hydrogens (tertiary/aromatic N) is 5. The van der Waals surface area contributed by atoms with Crippen molar-refractivity contribution in [1.29, 1.82) is 0 Å². The molecule has 8 heteroatoms. The lowest BCUT2D eigenvalue weighted by Gasteiger charge is -2.40. The smallest absolute Gasteiger partial charge is 0.254 e. The van der Waals surface area contributed by atoms with Gasteiger partial charge in [-0.1, -0.05) is 0 Å². The molecule has 0 aromatic carbocycles. The predicted octanol–water partition coefficient (Wildman–Crippen LogP) is 0.986. The molecule has 2 N–H and O–H groups in total. The highest BCUT2D eigenvalue weighted by atomic mass is 16.2. The summed E-state index contributed by atoms with van der Waals surface area (Å²) in [5.41, 5.74) is 4.57. The molecule has 1 atom stereocenters. The maximum atomic E-state index is 12.9. The van der Waals surface area contributed by atoms with E-state index in [4.69, 9.17) is 0 Å². The van der Waals surface area contributed by atoms with Crippen LogP contribution >= 0.6 is 0 Å². The van der Waals surface area contributed by atoms with E-state index in [1.165, 1.54) is 12.8 Å². The molecular formula is C21H23N7O. The lowest BCUT2D eigenvalue weighted by atomic mass is 10.1. The van der Waals surface area contributed by atoms with E-state index < -0.39 is 0 Å². The Bertz CT molecular complexity index is 1110. The third-order valence-electron chi connectivity index (χ3n) is 6.16. The molecule has 6 rings (SSSR count). The lowest BCUT2D eigenvalue weighted by molar-refractivity contribution is -0.125. The van der Waals surface area contributed by atoms with E-state index in [9.17, 15) is 4.79 Å². The fourth-order valence-electron chi connectivity index (χ4n) is 4.41. The molecule has 4 aliphatic rings. The highest BCUT2D eigenvalue weighted by molar-refractivity contribution is 5.97. The van der Waals surface area contributed by atoms with E-state index in [2.05, 4.69) is 37.8 Å². The van der Waals surface area contributed by atoms with Crippen molar-refractivity contribution >= 4 is 17.3 Å². The number of amides is 1. The summed E-state index contributed by atoms with van der Waals surface area (Å²) in [5.74, 6) is -0.0365. The fourth-order valence-corrected chi connectivity index (χ4v) is 4.41. The summed E-state index contributed by atoms with van der Waals surface area (Å²) in [5, 5.41) is 11.7. The first-order valence-electron chi connectivity index (χ1n) is 10.1. The highest BCUT2D eigenvalue weighted by Gasteiger charge is 2.46. The first-order chi connectivity index (χ1) is 14.1. The van der Waals surface area contributed by atoms with Crippen LogP contribution in [0.2, 0.25) is 0 Å². The molecule has 1 saturated heterocycles. The van der Waals surface area contributed by atoms with Gasteiger partial charge in [-0.05, 0) is 44.1 Å². The van der Waals surface area contributed by atoms with Crippen LogP contribution in [0.25, 0.3) is 11.3 Å². The number of hydrogen-bond acceptors (Lipinski definition) is 6. The number of piperazine rings is 1. The van der Waals surface area contributed by atoms with Gasteiger partial charge in [0.2, 0.25) is 0 Å². The van der Waals surface area contributed by atoms with Gasteiger partial charge in [0.1, 0.15) is 11.9 Å². The maximum absolute atomic E-state index is 12.9. The minimum atomic E-state index is -0.203. The van der Waals surface area contributed by atoms with Gasteiger partial charge < -0.3 is 15.5 Å². The second-order valence-corrected chi connectivity index (χ2v) is 8.34. The highest BCUT2D eigenvalue weighted by Crippen LogP contribution is 2.38. The number of carbonyl (C=O) groups excluding carboxylic acids is 1. The van der Waals surface area contributed by atoms with Crippen molar-refractivity contribution in [3.8, 4) is 0 Å². The van der Waals surface area contributed by atoms with Crippen LogP contribution in [0.4, 0.5) is 0 Å². The van der Waals surface area contributed by atoms with Crippen molar-refractivity contribution in [3.63, 3.8) is 0 Å². The van der Waals surface area contributed by atoms with Crippen LogP contribution in [0.1, 0.15) is 24.2 Å². The van der Waals surface area contributed by atoms with Crippen LogP contribution in [0, 0.1) is 6.92 Å². The van der Waals surface area contributed by atoms with Crippen molar-refractivity contribution < 1.29 is 4.79 Å². The largest absolute Gasteiger partial charge is 0.367 e. The predicted molar refractivity (Wildman–Crippen MR) is 108 cm³/mol.